The third-order valence-electron chi connectivity index (χ3n) is 5.88. The molecule has 3 rings (SSSR count). The lowest BCUT2D eigenvalue weighted by atomic mass is 9.86. The van der Waals surface area contributed by atoms with E-state index < -0.39 is 0 Å². The van der Waals surface area contributed by atoms with Crippen LogP contribution < -0.4 is 4.90 Å². The molecule has 3 nitrogen and oxygen atoms in total. The first-order valence-corrected chi connectivity index (χ1v) is 9.74. The summed E-state index contributed by atoms with van der Waals surface area (Å²) in [6.07, 6.45) is 8.68. The van der Waals surface area contributed by atoms with Gasteiger partial charge in [-0.05, 0) is 37.3 Å². The van der Waals surface area contributed by atoms with E-state index in [0.29, 0.717) is 5.91 Å². The Hall–Kier alpha value is -1.51. The van der Waals surface area contributed by atoms with Gasteiger partial charge in [-0.1, -0.05) is 50.3 Å². The maximum Gasteiger partial charge on any atom is 0.222 e. The number of carbonyl (C=O) groups is 1. The Labute approximate surface area is 147 Å². The van der Waals surface area contributed by atoms with Crippen LogP contribution in [0.15, 0.2) is 18.2 Å². The zero-order valence-electron chi connectivity index (χ0n) is 15.4. The molecule has 24 heavy (non-hydrogen) atoms. The molecule has 0 atom stereocenters. The van der Waals surface area contributed by atoms with Crippen LogP contribution in [0.1, 0.15) is 56.1 Å². The van der Waals surface area contributed by atoms with E-state index >= 15 is 0 Å². The van der Waals surface area contributed by atoms with E-state index in [0.717, 1.165) is 44.9 Å². The van der Waals surface area contributed by atoms with E-state index in [1.165, 1.54) is 48.9 Å². The summed E-state index contributed by atoms with van der Waals surface area (Å²) < 4.78 is 0. The van der Waals surface area contributed by atoms with E-state index in [1.54, 1.807) is 0 Å². The van der Waals surface area contributed by atoms with Gasteiger partial charge in [-0.25, -0.2) is 0 Å². The second-order valence-corrected chi connectivity index (χ2v) is 7.65. The summed E-state index contributed by atoms with van der Waals surface area (Å²) in [6.45, 7) is 8.03. The Bertz CT molecular complexity index is 535. The van der Waals surface area contributed by atoms with Gasteiger partial charge in [-0.15, -0.1) is 0 Å². The lowest BCUT2D eigenvalue weighted by molar-refractivity contribution is -0.131. The lowest BCUT2D eigenvalue weighted by Crippen LogP contribution is -2.49. The van der Waals surface area contributed by atoms with Gasteiger partial charge in [0.05, 0.1) is 0 Å². The van der Waals surface area contributed by atoms with Crippen molar-refractivity contribution < 1.29 is 4.79 Å². The van der Waals surface area contributed by atoms with Gasteiger partial charge >= 0.3 is 0 Å². The third-order valence-corrected chi connectivity index (χ3v) is 5.88. The Morgan fingerprint density at radius 3 is 2.25 bits per heavy atom. The maximum atomic E-state index is 12.5. The number of anilines is 1. The molecule has 2 fully saturated rings. The fourth-order valence-electron chi connectivity index (χ4n) is 4.45. The van der Waals surface area contributed by atoms with Gasteiger partial charge in [-0.3, -0.25) is 4.79 Å². The van der Waals surface area contributed by atoms with Crippen molar-refractivity contribution in [1.82, 2.24) is 4.90 Å². The first-order chi connectivity index (χ1) is 11.6. The molecule has 2 aliphatic rings. The standard InChI is InChI=1S/C21H32N2O/c1-17-7-6-8-18(2)21(17)23-15-13-22(14-16-23)20(24)12-11-19-9-4-3-5-10-19/h6-8,19H,3-5,9-16H2,1-2H3. The number of hydrogen-bond donors (Lipinski definition) is 0. The van der Waals surface area contributed by atoms with Gasteiger partial charge in [0.2, 0.25) is 5.91 Å². The number of piperazine rings is 1. The van der Waals surface area contributed by atoms with Crippen LogP contribution in [0.3, 0.4) is 0 Å². The molecule has 0 unspecified atom stereocenters. The predicted molar refractivity (Wildman–Crippen MR) is 101 cm³/mol. The van der Waals surface area contributed by atoms with Crippen molar-refractivity contribution in [2.45, 2.75) is 58.8 Å². The van der Waals surface area contributed by atoms with Crippen molar-refractivity contribution in [3.8, 4) is 0 Å². The van der Waals surface area contributed by atoms with E-state index in [-0.39, 0.29) is 0 Å². The number of aryl methyl sites for hydroxylation is 2. The van der Waals surface area contributed by atoms with E-state index in [9.17, 15) is 4.79 Å². The molecule has 0 aromatic heterocycles. The minimum Gasteiger partial charge on any atom is -0.368 e. The Balaban J connectivity index is 1.48. The molecule has 0 radical (unpaired) electrons. The first-order valence-electron chi connectivity index (χ1n) is 9.74. The second-order valence-electron chi connectivity index (χ2n) is 7.65. The van der Waals surface area contributed by atoms with Crippen molar-refractivity contribution in [3.63, 3.8) is 0 Å². The molecule has 1 aliphatic carbocycles. The largest absolute Gasteiger partial charge is 0.368 e. The number of benzene rings is 1. The number of amides is 1. The van der Waals surface area contributed by atoms with Gasteiger partial charge in [0.1, 0.15) is 0 Å². The van der Waals surface area contributed by atoms with Crippen molar-refractivity contribution in [1.29, 1.82) is 0 Å². The number of carbonyl (C=O) groups excluding carboxylic acids is 1. The highest BCUT2D eigenvalue weighted by molar-refractivity contribution is 5.76. The van der Waals surface area contributed by atoms with Crippen molar-refractivity contribution in [2.24, 2.45) is 5.92 Å². The lowest BCUT2D eigenvalue weighted by Gasteiger charge is -2.37. The molecule has 0 spiro atoms. The Morgan fingerprint density at radius 2 is 1.62 bits per heavy atom. The fourth-order valence-corrected chi connectivity index (χ4v) is 4.45. The molecule has 1 aromatic rings. The van der Waals surface area contributed by atoms with Gasteiger partial charge < -0.3 is 9.80 Å². The highest BCUT2D eigenvalue weighted by Crippen LogP contribution is 2.28. The van der Waals surface area contributed by atoms with Crippen LogP contribution in [0.25, 0.3) is 0 Å². The molecule has 0 N–H and O–H groups in total. The summed E-state index contributed by atoms with van der Waals surface area (Å²) in [5.74, 6) is 1.18. The number of rotatable bonds is 4. The second kappa shape index (κ2) is 8.04. The molecule has 1 aliphatic heterocycles. The van der Waals surface area contributed by atoms with Crippen LogP contribution in [0, 0.1) is 19.8 Å². The molecule has 1 saturated heterocycles. The smallest absolute Gasteiger partial charge is 0.222 e. The van der Waals surface area contributed by atoms with Gasteiger partial charge in [0, 0.05) is 38.3 Å². The molecular formula is C21H32N2O. The predicted octanol–water partition coefficient (Wildman–Crippen LogP) is 4.31. The summed E-state index contributed by atoms with van der Waals surface area (Å²) in [5, 5.41) is 0. The van der Waals surface area contributed by atoms with Gasteiger partial charge in [0.25, 0.3) is 0 Å². The van der Waals surface area contributed by atoms with Crippen LogP contribution in [0.2, 0.25) is 0 Å². The summed E-state index contributed by atoms with van der Waals surface area (Å²) in [4.78, 5) is 17.1. The summed E-state index contributed by atoms with van der Waals surface area (Å²) in [5.41, 5.74) is 4.05. The van der Waals surface area contributed by atoms with E-state index in [2.05, 4.69) is 41.8 Å². The van der Waals surface area contributed by atoms with Crippen LogP contribution in [0.5, 0.6) is 0 Å². The minimum absolute atomic E-state index is 0.377. The molecule has 1 amide bonds. The normalized spacial score (nSPS) is 19.6. The molecule has 1 heterocycles. The van der Waals surface area contributed by atoms with Crippen molar-refractivity contribution >= 4 is 11.6 Å². The monoisotopic (exact) mass is 328 g/mol. The van der Waals surface area contributed by atoms with E-state index in [4.69, 9.17) is 0 Å². The summed E-state index contributed by atoms with van der Waals surface area (Å²) >= 11 is 0. The third kappa shape index (κ3) is 4.12. The molecule has 1 aromatic carbocycles. The minimum atomic E-state index is 0.377. The summed E-state index contributed by atoms with van der Waals surface area (Å²) in [7, 11) is 0. The molecule has 3 heteroatoms. The van der Waals surface area contributed by atoms with E-state index in [1.807, 2.05) is 0 Å². The van der Waals surface area contributed by atoms with Crippen molar-refractivity contribution in [3.05, 3.63) is 29.3 Å². The van der Waals surface area contributed by atoms with Crippen LogP contribution >= 0.6 is 0 Å². The van der Waals surface area contributed by atoms with Crippen LogP contribution in [0.4, 0.5) is 5.69 Å². The van der Waals surface area contributed by atoms with Gasteiger partial charge in [-0.2, -0.15) is 0 Å². The SMILES string of the molecule is Cc1cccc(C)c1N1CCN(C(=O)CCC2CCCCC2)CC1. The number of nitrogens with zero attached hydrogens (tertiary/aromatic N) is 2. The number of hydrogen-bond acceptors (Lipinski definition) is 2. The highest BCUT2D eigenvalue weighted by atomic mass is 16.2. The average Bonchev–Trinajstić information content (AvgIpc) is 2.61. The quantitative estimate of drug-likeness (QED) is 0.822. The molecule has 0 bridgehead atoms. The van der Waals surface area contributed by atoms with Crippen LogP contribution in [-0.2, 0) is 4.79 Å². The molecule has 1 saturated carbocycles. The Morgan fingerprint density at radius 1 is 1.00 bits per heavy atom. The fraction of sp³-hybridized carbons (Fsp3) is 0.667. The topological polar surface area (TPSA) is 23.6 Å². The van der Waals surface area contributed by atoms with Crippen LogP contribution in [-0.4, -0.2) is 37.0 Å². The number of para-hydroxylation sites is 1. The first kappa shape index (κ1) is 17.3. The Kier molecular flexibility index (Phi) is 5.80. The maximum absolute atomic E-state index is 12.5. The molecule has 132 valence electrons. The average molecular weight is 329 g/mol. The van der Waals surface area contributed by atoms with Crippen molar-refractivity contribution in [2.75, 3.05) is 31.1 Å². The van der Waals surface area contributed by atoms with Gasteiger partial charge in [0.15, 0.2) is 0 Å². The zero-order chi connectivity index (χ0) is 16.9. The zero-order valence-corrected chi connectivity index (χ0v) is 15.4. The molecular weight excluding hydrogens is 296 g/mol. The summed E-state index contributed by atoms with van der Waals surface area (Å²) in [6, 6.07) is 6.49. The highest BCUT2D eigenvalue weighted by Gasteiger charge is 2.23.